The second kappa shape index (κ2) is 5.45. The Labute approximate surface area is 137 Å². The van der Waals surface area contributed by atoms with Gasteiger partial charge in [-0.05, 0) is 54.5 Å². The maximum Gasteiger partial charge on any atom is 0.261 e. The molecule has 112 valence electrons. The van der Waals surface area contributed by atoms with Crippen LogP contribution >= 0.6 is 22.9 Å². The number of carbonyl (C=O) groups is 1. The Kier molecular flexibility index (Phi) is 3.43. The number of hydrogen-bond acceptors (Lipinski definition) is 2. The lowest BCUT2D eigenvalue weighted by Gasteiger charge is -2.23. The quantitative estimate of drug-likeness (QED) is 0.703. The van der Waals surface area contributed by atoms with Crippen LogP contribution in [0.5, 0.6) is 0 Å². The van der Waals surface area contributed by atoms with E-state index in [4.69, 9.17) is 11.6 Å². The zero-order valence-electron chi connectivity index (χ0n) is 11.9. The minimum absolute atomic E-state index is 0.00420. The van der Waals surface area contributed by atoms with Gasteiger partial charge in [-0.15, -0.1) is 11.3 Å². The van der Waals surface area contributed by atoms with Gasteiger partial charge in [0.15, 0.2) is 0 Å². The molecule has 1 aromatic carbocycles. The molecule has 1 aliphatic carbocycles. The number of halogens is 1. The van der Waals surface area contributed by atoms with Crippen molar-refractivity contribution >= 4 is 39.7 Å². The third kappa shape index (κ3) is 2.32. The number of benzene rings is 1. The first kappa shape index (κ1) is 13.9. The number of hydrogen-bond donors (Lipinski definition) is 2. The molecule has 5 heteroatoms. The molecule has 3 nitrogen and oxygen atoms in total. The van der Waals surface area contributed by atoms with Gasteiger partial charge in [0.25, 0.3) is 5.91 Å². The molecule has 1 aliphatic rings. The molecular formula is C17H15ClN2OS. The molecule has 22 heavy (non-hydrogen) atoms. The summed E-state index contributed by atoms with van der Waals surface area (Å²) in [4.78, 5) is 16.5. The first-order chi connectivity index (χ1) is 10.7. The number of thiophene rings is 1. The highest BCUT2D eigenvalue weighted by atomic mass is 35.5. The molecule has 0 spiro atoms. The summed E-state index contributed by atoms with van der Waals surface area (Å²) in [5, 5.41) is 7.01. The van der Waals surface area contributed by atoms with Crippen molar-refractivity contribution in [3.63, 3.8) is 0 Å². The van der Waals surface area contributed by atoms with Gasteiger partial charge in [0.2, 0.25) is 0 Å². The van der Waals surface area contributed by atoms with E-state index in [0.29, 0.717) is 0 Å². The van der Waals surface area contributed by atoms with Crippen LogP contribution in [0.4, 0.5) is 0 Å². The van der Waals surface area contributed by atoms with Crippen molar-refractivity contribution < 1.29 is 4.79 Å². The fraction of sp³-hybridized carbons (Fsp3) is 0.235. The summed E-state index contributed by atoms with van der Waals surface area (Å²) in [5.74, 6) is 0.00420. The first-order valence-corrected chi connectivity index (χ1v) is 8.62. The van der Waals surface area contributed by atoms with E-state index in [-0.39, 0.29) is 11.9 Å². The molecule has 1 amide bonds. The van der Waals surface area contributed by atoms with Gasteiger partial charge in [-0.3, -0.25) is 4.79 Å². The molecule has 0 fully saturated rings. The Morgan fingerprint density at radius 3 is 3.09 bits per heavy atom. The summed E-state index contributed by atoms with van der Waals surface area (Å²) in [5.41, 5.74) is 3.51. The SMILES string of the molecule is O=C(NC1CCCc2c1[nH]c1ccc(Cl)cc21)c1cccs1. The highest BCUT2D eigenvalue weighted by Crippen LogP contribution is 2.35. The Hall–Kier alpha value is -1.78. The standard InChI is InChI=1S/C17H15ClN2OS/c18-10-6-7-13-12(9-10)11-3-1-4-14(16(11)19-13)20-17(21)15-5-2-8-22-15/h2,5-9,14,19H,1,3-4H2,(H,20,21). The molecule has 4 rings (SSSR count). The van der Waals surface area contributed by atoms with Crippen LogP contribution in [0.15, 0.2) is 35.7 Å². The number of fused-ring (bicyclic) bond motifs is 3. The largest absolute Gasteiger partial charge is 0.356 e. The summed E-state index contributed by atoms with van der Waals surface area (Å²) in [7, 11) is 0. The van der Waals surface area contributed by atoms with Crippen LogP contribution in [0.1, 0.15) is 39.8 Å². The Balaban J connectivity index is 1.70. The molecule has 0 saturated carbocycles. The minimum atomic E-state index is 0.00420. The van der Waals surface area contributed by atoms with Crippen LogP contribution in [0, 0.1) is 0 Å². The van der Waals surface area contributed by atoms with Crippen molar-refractivity contribution in [1.29, 1.82) is 0 Å². The number of aromatic amines is 1. The molecule has 0 bridgehead atoms. The molecule has 0 radical (unpaired) electrons. The van der Waals surface area contributed by atoms with Crippen LogP contribution in [0.3, 0.4) is 0 Å². The Morgan fingerprint density at radius 1 is 1.36 bits per heavy atom. The van der Waals surface area contributed by atoms with E-state index in [0.717, 1.165) is 40.4 Å². The van der Waals surface area contributed by atoms with Gasteiger partial charge in [-0.2, -0.15) is 0 Å². The fourth-order valence-corrected chi connectivity index (χ4v) is 4.02. The summed E-state index contributed by atoms with van der Waals surface area (Å²) in [6.45, 7) is 0. The van der Waals surface area contributed by atoms with Gasteiger partial charge in [0, 0.05) is 21.6 Å². The molecule has 1 unspecified atom stereocenters. The van der Waals surface area contributed by atoms with Crippen LogP contribution in [-0.4, -0.2) is 10.9 Å². The predicted molar refractivity (Wildman–Crippen MR) is 90.8 cm³/mol. The van der Waals surface area contributed by atoms with Gasteiger partial charge in [0.1, 0.15) is 0 Å². The molecule has 0 saturated heterocycles. The van der Waals surface area contributed by atoms with E-state index < -0.39 is 0 Å². The number of aryl methyl sites for hydroxylation is 1. The van der Waals surface area contributed by atoms with E-state index in [2.05, 4.69) is 10.3 Å². The van der Waals surface area contributed by atoms with E-state index in [1.54, 1.807) is 0 Å². The number of amides is 1. The zero-order chi connectivity index (χ0) is 15.1. The number of aromatic nitrogens is 1. The second-order valence-corrected chi connectivity index (χ2v) is 6.99. The summed E-state index contributed by atoms with van der Waals surface area (Å²) in [6, 6.07) is 9.71. The number of rotatable bonds is 2. The topological polar surface area (TPSA) is 44.9 Å². The van der Waals surface area contributed by atoms with Gasteiger partial charge in [-0.25, -0.2) is 0 Å². The van der Waals surface area contributed by atoms with Gasteiger partial charge in [0.05, 0.1) is 10.9 Å². The summed E-state index contributed by atoms with van der Waals surface area (Å²) in [6.07, 6.45) is 3.06. The highest BCUT2D eigenvalue weighted by molar-refractivity contribution is 7.12. The molecular weight excluding hydrogens is 316 g/mol. The van der Waals surface area contributed by atoms with Crippen molar-refractivity contribution in [2.24, 2.45) is 0 Å². The molecule has 0 aliphatic heterocycles. The zero-order valence-corrected chi connectivity index (χ0v) is 13.4. The van der Waals surface area contributed by atoms with Gasteiger partial charge >= 0.3 is 0 Å². The first-order valence-electron chi connectivity index (χ1n) is 7.37. The Bertz CT molecular complexity index is 838. The van der Waals surface area contributed by atoms with Crippen LogP contribution in [0.25, 0.3) is 10.9 Å². The average Bonchev–Trinajstić information content (AvgIpc) is 3.15. The van der Waals surface area contributed by atoms with E-state index in [1.165, 1.54) is 22.3 Å². The lowest BCUT2D eigenvalue weighted by atomic mass is 9.91. The summed E-state index contributed by atoms with van der Waals surface area (Å²) >= 11 is 7.59. The number of H-pyrrole nitrogens is 1. The van der Waals surface area contributed by atoms with Crippen LogP contribution in [-0.2, 0) is 6.42 Å². The smallest absolute Gasteiger partial charge is 0.261 e. The van der Waals surface area contributed by atoms with E-state index in [9.17, 15) is 4.79 Å². The van der Waals surface area contributed by atoms with Crippen LogP contribution in [0.2, 0.25) is 5.02 Å². The van der Waals surface area contributed by atoms with E-state index in [1.807, 2.05) is 35.7 Å². The lowest BCUT2D eigenvalue weighted by molar-refractivity contribution is 0.0936. The van der Waals surface area contributed by atoms with Gasteiger partial charge in [-0.1, -0.05) is 17.7 Å². The monoisotopic (exact) mass is 330 g/mol. The summed E-state index contributed by atoms with van der Waals surface area (Å²) < 4.78 is 0. The average molecular weight is 331 g/mol. The third-order valence-electron chi connectivity index (χ3n) is 4.22. The number of carbonyl (C=O) groups excluding carboxylic acids is 1. The maximum absolute atomic E-state index is 12.3. The normalized spacial score (nSPS) is 17.4. The van der Waals surface area contributed by atoms with Crippen molar-refractivity contribution in [2.45, 2.75) is 25.3 Å². The lowest BCUT2D eigenvalue weighted by Crippen LogP contribution is -2.30. The van der Waals surface area contributed by atoms with Crippen LogP contribution < -0.4 is 5.32 Å². The maximum atomic E-state index is 12.3. The molecule has 1 atom stereocenters. The minimum Gasteiger partial charge on any atom is -0.356 e. The van der Waals surface area contributed by atoms with Gasteiger partial charge < -0.3 is 10.3 Å². The Morgan fingerprint density at radius 2 is 2.27 bits per heavy atom. The van der Waals surface area contributed by atoms with Crippen molar-refractivity contribution in [3.05, 3.63) is 56.9 Å². The third-order valence-corrected chi connectivity index (χ3v) is 5.32. The molecule has 3 aromatic rings. The fourth-order valence-electron chi connectivity index (χ4n) is 3.22. The highest BCUT2D eigenvalue weighted by Gasteiger charge is 2.26. The molecule has 2 aromatic heterocycles. The number of nitrogens with one attached hydrogen (secondary N) is 2. The van der Waals surface area contributed by atoms with Crippen molar-refractivity contribution in [3.8, 4) is 0 Å². The van der Waals surface area contributed by atoms with Crippen molar-refractivity contribution in [2.75, 3.05) is 0 Å². The second-order valence-electron chi connectivity index (χ2n) is 5.60. The van der Waals surface area contributed by atoms with Crippen molar-refractivity contribution in [1.82, 2.24) is 10.3 Å². The molecule has 2 heterocycles. The predicted octanol–water partition coefficient (Wildman–Crippen LogP) is 4.69. The van der Waals surface area contributed by atoms with E-state index >= 15 is 0 Å². The molecule has 2 N–H and O–H groups in total.